The molecule has 7 aromatic rings. The summed E-state index contributed by atoms with van der Waals surface area (Å²) in [6, 6.07) is 43.8. The smallest absolute Gasteiger partial charge is 0.409 e. The highest BCUT2D eigenvalue weighted by atomic mass is 31.2. The fourth-order valence-corrected chi connectivity index (χ4v) is 9.94. The first kappa shape index (κ1) is 55.9. The summed E-state index contributed by atoms with van der Waals surface area (Å²) in [7, 11) is -4.19. The number of aryl methyl sites for hydroxylation is 3. The first-order chi connectivity index (χ1) is 34.1. The van der Waals surface area contributed by atoms with Gasteiger partial charge in [-0.2, -0.15) is 0 Å². The van der Waals surface area contributed by atoms with Crippen molar-refractivity contribution < 1.29 is 27.1 Å². The molecule has 0 aliphatic rings. The Labute approximate surface area is 428 Å². The van der Waals surface area contributed by atoms with Crippen molar-refractivity contribution in [3.63, 3.8) is 0 Å². The van der Waals surface area contributed by atoms with Crippen LogP contribution >= 0.6 is 17.2 Å². The van der Waals surface area contributed by atoms with E-state index in [1.54, 1.807) is 6.08 Å². The molecule has 1 atom stereocenters. The molecule has 374 valence electrons. The Morgan fingerprint density at radius 1 is 0.479 bits per heavy atom. The number of rotatable bonds is 19. The van der Waals surface area contributed by atoms with Gasteiger partial charge in [-0.05, 0) is 148 Å². The molecule has 0 aliphatic heterocycles. The fourth-order valence-electron chi connectivity index (χ4n) is 7.83. The summed E-state index contributed by atoms with van der Waals surface area (Å²) in [5, 5.41) is 4.00. The average molecular weight is 991 g/mol. The van der Waals surface area contributed by atoms with Gasteiger partial charge < -0.3 is 27.1 Å². The van der Waals surface area contributed by atoms with E-state index in [-0.39, 0.29) is 23.7 Å². The number of allylic oxidation sites excluding steroid dienone is 3. The molecule has 0 aliphatic carbocycles. The zero-order valence-electron chi connectivity index (χ0n) is 44.6. The van der Waals surface area contributed by atoms with Gasteiger partial charge in [0.2, 0.25) is 0 Å². The van der Waals surface area contributed by atoms with E-state index in [4.69, 9.17) is 27.1 Å². The lowest BCUT2D eigenvalue weighted by atomic mass is 9.92. The molecule has 0 radical (unpaired) electrons. The lowest BCUT2D eigenvalue weighted by molar-refractivity contribution is 0.336. The zero-order chi connectivity index (χ0) is 51.8. The average Bonchev–Trinajstić information content (AvgIpc) is 3.34. The molecular weight excluding hydrogens is 915 g/mol. The van der Waals surface area contributed by atoms with Gasteiger partial charge in [0.1, 0.15) is 34.5 Å². The monoisotopic (exact) mass is 991 g/mol. The predicted octanol–water partition coefficient (Wildman–Crippen LogP) is 20.8. The van der Waals surface area contributed by atoms with Gasteiger partial charge in [-0.1, -0.05) is 186 Å². The second-order valence-corrected chi connectivity index (χ2v) is 20.6. The highest BCUT2D eigenvalue weighted by molar-refractivity contribution is 7.43. The molecule has 0 saturated heterocycles. The zero-order valence-corrected chi connectivity index (χ0v) is 46.4. The van der Waals surface area contributed by atoms with Crippen LogP contribution in [-0.4, -0.2) is 0 Å². The maximum absolute atomic E-state index is 7.24. The molecule has 0 aromatic heterocycles. The minimum absolute atomic E-state index is 0.198. The van der Waals surface area contributed by atoms with Crippen LogP contribution in [0, 0.1) is 26.7 Å². The minimum Gasteiger partial charge on any atom is -0.409 e. The van der Waals surface area contributed by atoms with Gasteiger partial charge in [-0.15, -0.1) is 6.58 Å². The van der Waals surface area contributed by atoms with E-state index in [1.165, 1.54) is 0 Å². The lowest BCUT2D eigenvalue weighted by Crippen LogP contribution is -2.07. The summed E-state index contributed by atoms with van der Waals surface area (Å²) in [6.07, 6.45) is 6.69. The van der Waals surface area contributed by atoms with Gasteiger partial charge in [-0.25, -0.2) is 0 Å². The molecule has 0 amide bonds. The normalized spacial score (nSPS) is 11.8. The largest absolute Gasteiger partial charge is 0.530 e. The number of benzene rings is 7. The third kappa shape index (κ3) is 15.0. The molecular formula is C63H76O6P2. The van der Waals surface area contributed by atoms with Crippen LogP contribution < -0.4 is 22.6 Å². The van der Waals surface area contributed by atoms with Crippen LogP contribution in [0.5, 0.6) is 28.7 Å². The van der Waals surface area contributed by atoms with E-state index < -0.39 is 17.2 Å². The Bertz CT molecular complexity index is 2840. The maximum atomic E-state index is 7.24. The van der Waals surface area contributed by atoms with Crippen molar-refractivity contribution >= 4 is 38.7 Å². The number of hydrogen-bond acceptors (Lipinski definition) is 6. The summed E-state index contributed by atoms with van der Waals surface area (Å²) in [5.41, 5.74) is 8.08. The van der Waals surface area contributed by atoms with Crippen molar-refractivity contribution in [3.8, 4) is 39.9 Å². The predicted molar refractivity (Wildman–Crippen MR) is 306 cm³/mol. The SMILES string of the molecule is C=C/C(=C/C(C)C)OP(Oc1cc(C)ccc1C(C)C)Oc1ccc2ccccc2c1-c1c(OP(Oc2cc(C)ccc2C(C)C)Oc2cc(C)ccc2C(C)C)ccc2ccccc12.C=CCC.CC. The number of fused-ring (bicyclic) bond motifs is 2. The van der Waals surface area contributed by atoms with Gasteiger partial charge >= 0.3 is 17.2 Å². The Hall–Kier alpha value is -6.06. The minimum atomic E-state index is -2.10. The molecule has 0 fully saturated rings. The van der Waals surface area contributed by atoms with Crippen molar-refractivity contribution in [3.05, 3.63) is 198 Å². The van der Waals surface area contributed by atoms with Crippen LogP contribution in [0.3, 0.4) is 0 Å². The molecule has 1 unspecified atom stereocenters. The van der Waals surface area contributed by atoms with E-state index in [0.29, 0.717) is 23.0 Å². The van der Waals surface area contributed by atoms with E-state index >= 15 is 0 Å². The summed E-state index contributed by atoms with van der Waals surface area (Å²) in [5.74, 6) is 4.69. The second-order valence-electron chi connectivity index (χ2n) is 18.6. The molecule has 6 nitrogen and oxygen atoms in total. The van der Waals surface area contributed by atoms with Gasteiger partial charge in [0.25, 0.3) is 0 Å². The first-order valence-corrected chi connectivity index (χ1v) is 27.3. The van der Waals surface area contributed by atoms with Crippen LogP contribution in [-0.2, 0) is 4.52 Å². The van der Waals surface area contributed by atoms with E-state index in [0.717, 1.165) is 84.0 Å². The Morgan fingerprint density at radius 3 is 1.18 bits per heavy atom. The molecule has 0 bridgehead atoms. The fraction of sp³-hybridized carbons (Fsp3) is 0.302. The van der Waals surface area contributed by atoms with Crippen LogP contribution in [0.25, 0.3) is 32.7 Å². The van der Waals surface area contributed by atoms with Gasteiger partial charge in [0.05, 0.1) is 0 Å². The Kier molecular flexibility index (Phi) is 21.2. The summed E-state index contributed by atoms with van der Waals surface area (Å²) >= 11 is 0. The van der Waals surface area contributed by atoms with Crippen LogP contribution in [0.4, 0.5) is 0 Å². The molecule has 0 saturated carbocycles. The third-order valence-electron chi connectivity index (χ3n) is 11.4. The molecule has 8 heteroatoms. The van der Waals surface area contributed by atoms with Crippen molar-refractivity contribution in [2.45, 2.75) is 121 Å². The van der Waals surface area contributed by atoms with Gasteiger partial charge in [0, 0.05) is 11.1 Å². The topological polar surface area (TPSA) is 55.4 Å². The van der Waals surface area contributed by atoms with Crippen molar-refractivity contribution in [2.75, 3.05) is 0 Å². The first-order valence-electron chi connectivity index (χ1n) is 25.1. The molecule has 0 heterocycles. The third-order valence-corrected chi connectivity index (χ3v) is 13.5. The Morgan fingerprint density at radius 2 is 0.831 bits per heavy atom. The molecule has 0 N–H and O–H groups in total. The highest BCUT2D eigenvalue weighted by Gasteiger charge is 2.30. The molecule has 7 rings (SSSR count). The molecule has 71 heavy (non-hydrogen) atoms. The highest BCUT2D eigenvalue weighted by Crippen LogP contribution is 2.55. The van der Waals surface area contributed by atoms with Gasteiger partial charge in [0.15, 0.2) is 0 Å². The summed E-state index contributed by atoms with van der Waals surface area (Å²) < 4.78 is 41.9. The van der Waals surface area contributed by atoms with Crippen molar-refractivity contribution in [2.24, 2.45) is 5.92 Å². The Balaban J connectivity index is 0.00000149. The quantitative estimate of drug-likeness (QED) is 0.0348. The van der Waals surface area contributed by atoms with Crippen LogP contribution in [0.2, 0.25) is 0 Å². The van der Waals surface area contributed by atoms with Crippen LogP contribution in [0.1, 0.15) is 134 Å². The maximum Gasteiger partial charge on any atom is 0.530 e. The van der Waals surface area contributed by atoms with Crippen molar-refractivity contribution in [1.29, 1.82) is 0 Å². The summed E-state index contributed by atoms with van der Waals surface area (Å²) in [4.78, 5) is 0. The molecule has 7 aromatic carbocycles. The van der Waals surface area contributed by atoms with E-state index in [9.17, 15) is 0 Å². The lowest BCUT2D eigenvalue weighted by Gasteiger charge is -2.25. The van der Waals surface area contributed by atoms with E-state index in [2.05, 4.69) is 205 Å². The summed E-state index contributed by atoms with van der Waals surface area (Å²) in [6.45, 7) is 37.0. The van der Waals surface area contributed by atoms with E-state index in [1.807, 2.05) is 44.2 Å². The van der Waals surface area contributed by atoms with Crippen molar-refractivity contribution in [1.82, 2.24) is 0 Å². The number of hydrogen-bond donors (Lipinski definition) is 0. The second kappa shape index (κ2) is 27.0. The molecule has 0 spiro atoms. The van der Waals surface area contributed by atoms with Gasteiger partial charge in [-0.3, -0.25) is 0 Å². The standard InChI is InChI=1S/C57H62O6P2.C4H8.C2H6/c1-13-45(32-36(2)3)58-64(61-53-33-40(10)22-27-46(53)37(4)5)59-51-30-25-43-18-14-16-20-49(43)56(51)57-50-21-17-15-19-44(50)26-31-52(57)60-65(62-54-34-41(11)23-28-47(54)38(6)7)63-55-35-42(12)24-29-48(55)39(8)9;1-3-4-2;1-2/h13-39H,1H2,2-12H3;3H,1,4H2,2H3;1-2H3/b45-32-;;. The van der Waals surface area contributed by atoms with Crippen LogP contribution in [0.15, 0.2) is 165 Å².